The quantitative estimate of drug-likeness (QED) is 0.648. The lowest BCUT2D eigenvalue weighted by molar-refractivity contribution is -0.386. The van der Waals surface area contributed by atoms with Gasteiger partial charge in [-0.15, -0.1) is 0 Å². The number of aromatic nitrogens is 1. The minimum absolute atomic E-state index is 0.0787. The van der Waals surface area contributed by atoms with Crippen LogP contribution in [0.25, 0.3) is 0 Å². The van der Waals surface area contributed by atoms with Crippen molar-refractivity contribution in [2.24, 2.45) is 0 Å². The van der Waals surface area contributed by atoms with Crippen molar-refractivity contribution in [2.75, 3.05) is 0 Å². The topological polar surface area (TPSA) is 85.2 Å². The third-order valence-corrected chi connectivity index (χ3v) is 2.03. The number of nitrogens with one attached hydrogen (secondary N) is 1. The van der Waals surface area contributed by atoms with E-state index in [1.807, 2.05) is 0 Å². The predicted molar refractivity (Wildman–Crippen MR) is 60.2 cm³/mol. The lowest BCUT2D eigenvalue weighted by atomic mass is 10.3. The minimum atomic E-state index is -0.617. The Bertz CT molecular complexity index is 592. The Kier molecular flexibility index (Phi) is 2.87. The molecule has 0 unspecified atom stereocenters. The van der Waals surface area contributed by atoms with Crippen LogP contribution in [0.3, 0.4) is 0 Å². The maximum Gasteiger partial charge on any atom is 0.327 e. The number of hydrogen-bond acceptors (Lipinski definition) is 4. The molecule has 0 saturated heterocycles. The predicted octanol–water partition coefficient (Wildman–Crippen LogP) is 2.08. The monoisotopic (exact) mass is 232 g/mol. The van der Waals surface area contributed by atoms with Crippen molar-refractivity contribution in [3.05, 3.63) is 63.1 Å². The normalized spacial score (nSPS) is 9.88. The van der Waals surface area contributed by atoms with Gasteiger partial charge in [0.15, 0.2) is 0 Å². The number of para-hydroxylation sites is 1. The third kappa shape index (κ3) is 2.49. The second kappa shape index (κ2) is 4.48. The number of ether oxygens (including phenoxy) is 1. The van der Waals surface area contributed by atoms with Crippen molar-refractivity contribution in [1.82, 2.24) is 4.98 Å². The molecule has 1 aromatic carbocycles. The zero-order chi connectivity index (χ0) is 12.3. The molecule has 0 amide bonds. The van der Waals surface area contributed by atoms with Crippen molar-refractivity contribution in [1.29, 1.82) is 0 Å². The van der Waals surface area contributed by atoms with E-state index in [0.717, 1.165) is 12.3 Å². The summed E-state index contributed by atoms with van der Waals surface area (Å²) in [4.78, 5) is 23.4. The average molecular weight is 232 g/mol. The van der Waals surface area contributed by atoms with E-state index >= 15 is 0 Å². The number of nitro groups is 1. The smallest absolute Gasteiger partial charge is 0.327 e. The Morgan fingerprint density at radius 3 is 2.59 bits per heavy atom. The van der Waals surface area contributed by atoms with Gasteiger partial charge in [-0.05, 0) is 12.1 Å². The Labute approximate surface area is 95.6 Å². The van der Waals surface area contributed by atoms with Crippen LogP contribution >= 0.6 is 0 Å². The number of hydrogen-bond donors (Lipinski definition) is 1. The summed E-state index contributed by atoms with van der Waals surface area (Å²) in [6.07, 6.45) is 1.01. The summed E-state index contributed by atoms with van der Waals surface area (Å²) < 4.78 is 5.29. The molecule has 2 rings (SSSR count). The third-order valence-electron chi connectivity index (χ3n) is 2.03. The van der Waals surface area contributed by atoms with Crippen molar-refractivity contribution in [2.45, 2.75) is 0 Å². The Hall–Kier alpha value is -2.63. The van der Waals surface area contributed by atoms with Gasteiger partial charge in [0.2, 0.25) is 5.75 Å². The Balaban J connectivity index is 2.41. The summed E-state index contributed by atoms with van der Waals surface area (Å²) in [7, 11) is 0. The van der Waals surface area contributed by atoms with Crippen LogP contribution in [0.1, 0.15) is 0 Å². The molecule has 6 heteroatoms. The average Bonchev–Trinajstić information content (AvgIpc) is 2.30. The molecule has 0 atom stereocenters. The van der Waals surface area contributed by atoms with Gasteiger partial charge in [-0.25, -0.2) is 0 Å². The Morgan fingerprint density at radius 1 is 1.24 bits per heavy atom. The van der Waals surface area contributed by atoms with E-state index < -0.39 is 10.5 Å². The number of pyridine rings is 1. The van der Waals surface area contributed by atoms with E-state index in [1.54, 1.807) is 30.3 Å². The summed E-state index contributed by atoms with van der Waals surface area (Å²) in [5.74, 6) is 0.353. The van der Waals surface area contributed by atoms with Gasteiger partial charge in [0.25, 0.3) is 5.56 Å². The van der Waals surface area contributed by atoms with Crippen LogP contribution in [-0.2, 0) is 0 Å². The van der Waals surface area contributed by atoms with Crippen LogP contribution in [0.15, 0.2) is 47.4 Å². The second-order valence-electron chi connectivity index (χ2n) is 3.22. The molecule has 1 N–H and O–H groups in total. The molecule has 6 nitrogen and oxygen atoms in total. The molecule has 86 valence electrons. The molecule has 17 heavy (non-hydrogen) atoms. The number of nitrogens with zero attached hydrogens (tertiary/aromatic N) is 1. The highest BCUT2D eigenvalue weighted by atomic mass is 16.6. The maximum atomic E-state index is 11.1. The summed E-state index contributed by atoms with van der Waals surface area (Å²) in [5.41, 5.74) is -0.741. The van der Waals surface area contributed by atoms with E-state index in [9.17, 15) is 14.9 Å². The standard InChI is InChI=1S/C11H8N2O4/c14-11-6-10(9(7-12-11)13(15)16)17-8-4-2-1-3-5-8/h1-7H,(H,12,14). The van der Waals surface area contributed by atoms with Crippen molar-refractivity contribution in [3.8, 4) is 11.5 Å². The van der Waals surface area contributed by atoms with Crippen LogP contribution in [0, 0.1) is 10.1 Å². The van der Waals surface area contributed by atoms with Crippen LogP contribution in [0.4, 0.5) is 5.69 Å². The summed E-state index contributed by atoms with van der Waals surface area (Å²) in [5, 5.41) is 10.7. The molecule has 0 spiro atoms. The number of aromatic amines is 1. The lowest BCUT2D eigenvalue weighted by Gasteiger charge is -2.04. The highest BCUT2D eigenvalue weighted by molar-refractivity contribution is 5.45. The maximum absolute atomic E-state index is 11.1. The lowest BCUT2D eigenvalue weighted by Crippen LogP contribution is -2.05. The molecule has 0 fully saturated rings. The van der Waals surface area contributed by atoms with Crippen molar-refractivity contribution < 1.29 is 9.66 Å². The largest absolute Gasteiger partial charge is 0.450 e. The molecule has 0 aliphatic rings. The van der Waals surface area contributed by atoms with Gasteiger partial charge < -0.3 is 9.72 Å². The minimum Gasteiger partial charge on any atom is -0.450 e. The fourth-order valence-corrected chi connectivity index (χ4v) is 1.29. The van der Waals surface area contributed by atoms with Crippen LogP contribution in [-0.4, -0.2) is 9.91 Å². The molecule has 1 heterocycles. The van der Waals surface area contributed by atoms with Gasteiger partial charge in [-0.3, -0.25) is 14.9 Å². The SMILES string of the molecule is O=c1cc(Oc2ccccc2)c([N+](=O)[O-])c[nH]1. The van der Waals surface area contributed by atoms with Gasteiger partial charge in [-0.1, -0.05) is 18.2 Å². The number of benzene rings is 1. The fraction of sp³-hybridized carbons (Fsp3) is 0. The summed E-state index contributed by atoms with van der Waals surface area (Å²) >= 11 is 0. The van der Waals surface area contributed by atoms with Gasteiger partial charge in [0, 0.05) is 0 Å². The van der Waals surface area contributed by atoms with E-state index in [0.29, 0.717) is 5.75 Å². The van der Waals surface area contributed by atoms with Gasteiger partial charge >= 0.3 is 5.69 Å². The van der Waals surface area contributed by atoms with Gasteiger partial charge in [0.1, 0.15) is 5.75 Å². The fourth-order valence-electron chi connectivity index (χ4n) is 1.29. The first-order chi connectivity index (χ1) is 8.16. The molecule has 0 aliphatic carbocycles. The highest BCUT2D eigenvalue weighted by Gasteiger charge is 2.16. The Morgan fingerprint density at radius 2 is 1.94 bits per heavy atom. The number of rotatable bonds is 3. The second-order valence-corrected chi connectivity index (χ2v) is 3.22. The zero-order valence-corrected chi connectivity index (χ0v) is 8.62. The molecule has 0 saturated carbocycles. The first-order valence-electron chi connectivity index (χ1n) is 4.77. The van der Waals surface area contributed by atoms with Crippen LogP contribution in [0.5, 0.6) is 11.5 Å². The molecule has 0 bridgehead atoms. The summed E-state index contributed by atoms with van der Waals surface area (Å²) in [6, 6.07) is 9.59. The van der Waals surface area contributed by atoms with Crippen LogP contribution in [0.2, 0.25) is 0 Å². The first kappa shape index (κ1) is 10.9. The number of H-pyrrole nitrogens is 1. The zero-order valence-electron chi connectivity index (χ0n) is 8.62. The molecular formula is C11H8N2O4. The van der Waals surface area contributed by atoms with Crippen molar-refractivity contribution in [3.63, 3.8) is 0 Å². The van der Waals surface area contributed by atoms with E-state index in [-0.39, 0.29) is 11.4 Å². The van der Waals surface area contributed by atoms with Crippen molar-refractivity contribution >= 4 is 5.69 Å². The first-order valence-corrected chi connectivity index (χ1v) is 4.77. The van der Waals surface area contributed by atoms with Gasteiger partial charge in [0.05, 0.1) is 17.2 Å². The molecule has 0 radical (unpaired) electrons. The molecule has 1 aromatic heterocycles. The van der Waals surface area contributed by atoms with E-state index in [1.165, 1.54) is 0 Å². The summed E-state index contributed by atoms with van der Waals surface area (Å²) in [6.45, 7) is 0. The molecular weight excluding hydrogens is 224 g/mol. The molecule has 2 aromatic rings. The van der Waals surface area contributed by atoms with Gasteiger partial charge in [-0.2, -0.15) is 0 Å². The molecule has 0 aliphatic heterocycles. The highest BCUT2D eigenvalue weighted by Crippen LogP contribution is 2.28. The van der Waals surface area contributed by atoms with E-state index in [2.05, 4.69) is 4.98 Å². The van der Waals surface area contributed by atoms with E-state index in [4.69, 9.17) is 4.74 Å². The van der Waals surface area contributed by atoms with Crippen LogP contribution < -0.4 is 10.3 Å².